The van der Waals surface area contributed by atoms with Gasteiger partial charge in [0, 0.05) is 0 Å². The van der Waals surface area contributed by atoms with E-state index in [0.29, 0.717) is 0 Å². The van der Waals surface area contributed by atoms with Crippen molar-refractivity contribution in [2.24, 2.45) is 0 Å². The summed E-state index contributed by atoms with van der Waals surface area (Å²) in [6.07, 6.45) is 15.1. The number of unbranched alkanes of at least 4 members (excludes halogenated alkanes) is 9. The van der Waals surface area contributed by atoms with Crippen LogP contribution in [-0.2, 0) is 6.42 Å². The smallest absolute Gasteiger partial charge is 0.122 e. The van der Waals surface area contributed by atoms with Gasteiger partial charge in [0.05, 0.1) is 7.11 Å². The summed E-state index contributed by atoms with van der Waals surface area (Å²) in [5.74, 6) is 1.04. The first-order chi connectivity index (χ1) is 9.88. The standard InChI is InChI=1S/C19H32O/c1-3-4-5-6-7-8-9-10-11-12-15-18-16-13-14-17-19(18)20-2/h13-14,16-17H,3-12,15H2,1-2H3. The van der Waals surface area contributed by atoms with Crippen LogP contribution in [0.2, 0.25) is 0 Å². The first-order valence-corrected chi connectivity index (χ1v) is 8.50. The molecule has 1 rings (SSSR count). The maximum Gasteiger partial charge on any atom is 0.122 e. The Labute approximate surface area is 125 Å². The molecule has 0 fully saturated rings. The molecule has 0 atom stereocenters. The molecule has 0 unspecified atom stereocenters. The van der Waals surface area contributed by atoms with E-state index >= 15 is 0 Å². The third-order valence-electron chi connectivity index (χ3n) is 3.99. The third-order valence-corrected chi connectivity index (χ3v) is 3.99. The van der Waals surface area contributed by atoms with Gasteiger partial charge >= 0.3 is 0 Å². The highest BCUT2D eigenvalue weighted by molar-refractivity contribution is 5.33. The molecule has 0 aromatic heterocycles. The lowest BCUT2D eigenvalue weighted by atomic mass is 10.0. The Morgan fingerprint density at radius 3 is 1.90 bits per heavy atom. The van der Waals surface area contributed by atoms with Gasteiger partial charge < -0.3 is 4.74 Å². The maximum atomic E-state index is 5.39. The molecule has 0 aliphatic heterocycles. The number of para-hydroxylation sites is 1. The number of methoxy groups -OCH3 is 1. The lowest BCUT2D eigenvalue weighted by Crippen LogP contribution is -1.92. The van der Waals surface area contributed by atoms with Crippen LogP contribution in [-0.4, -0.2) is 7.11 Å². The number of benzene rings is 1. The SMILES string of the molecule is CCCCCCCCCCCCc1ccccc1OC. The second-order valence-electron chi connectivity index (χ2n) is 5.74. The van der Waals surface area contributed by atoms with Gasteiger partial charge in [-0.2, -0.15) is 0 Å². The summed E-state index contributed by atoms with van der Waals surface area (Å²) in [6.45, 7) is 2.28. The number of ether oxygens (including phenoxy) is 1. The second-order valence-corrected chi connectivity index (χ2v) is 5.74. The maximum absolute atomic E-state index is 5.39. The fourth-order valence-corrected chi connectivity index (χ4v) is 2.71. The minimum Gasteiger partial charge on any atom is -0.496 e. The number of hydrogen-bond donors (Lipinski definition) is 0. The van der Waals surface area contributed by atoms with E-state index in [1.165, 1.54) is 69.8 Å². The minimum atomic E-state index is 1.04. The first-order valence-electron chi connectivity index (χ1n) is 8.50. The van der Waals surface area contributed by atoms with Crippen LogP contribution in [0.15, 0.2) is 24.3 Å². The lowest BCUT2D eigenvalue weighted by Gasteiger charge is -2.07. The average Bonchev–Trinajstić information content (AvgIpc) is 2.49. The van der Waals surface area contributed by atoms with Gasteiger partial charge in [0.1, 0.15) is 5.75 Å². The number of aryl methyl sites for hydroxylation is 1. The molecule has 0 radical (unpaired) electrons. The van der Waals surface area contributed by atoms with Gasteiger partial charge in [-0.3, -0.25) is 0 Å². The van der Waals surface area contributed by atoms with Gasteiger partial charge in [0.2, 0.25) is 0 Å². The fourth-order valence-electron chi connectivity index (χ4n) is 2.71. The van der Waals surface area contributed by atoms with Crippen molar-refractivity contribution in [3.05, 3.63) is 29.8 Å². The van der Waals surface area contributed by atoms with Crippen molar-refractivity contribution in [3.63, 3.8) is 0 Å². The van der Waals surface area contributed by atoms with Crippen LogP contribution >= 0.6 is 0 Å². The summed E-state index contributed by atoms with van der Waals surface area (Å²) >= 11 is 0. The van der Waals surface area contributed by atoms with Crippen LogP contribution in [0.1, 0.15) is 76.7 Å². The molecular formula is C19H32O. The molecule has 0 saturated carbocycles. The predicted molar refractivity (Wildman–Crippen MR) is 88.5 cm³/mol. The van der Waals surface area contributed by atoms with E-state index in [1.807, 2.05) is 6.07 Å². The van der Waals surface area contributed by atoms with Crippen LogP contribution in [0.25, 0.3) is 0 Å². The molecule has 0 spiro atoms. The highest BCUT2D eigenvalue weighted by atomic mass is 16.5. The molecule has 0 aliphatic carbocycles. The average molecular weight is 276 g/mol. The Bertz CT molecular complexity index is 332. The summed E-state index contributed by atoms with van der Waals surface area (Å²) < 4.78 is 5.39. The summed E-state index contributed by atoms with van der Waals surface area (Å²) in [5.41, 5.74) is 1.36. The van der Waals surface area contributed by atoms with E-state index in [9.17, 15) is 0 Å². The topological polar surface area (TPSA) is 9.23 Å². The van der Waals surface area contributed by atoms with E-state index in [-0.39, 0.29) is 0 Å². The van der Waals surface area contributed by atoms with Gasteiger partial charge in [0.25, 0.3) is 0 Å². The van der Waals surface area contributed by atoms with E-state index in [4.69, 9.17) is 4.74 Å². The van der Waals surface area contributed by atoms with Crippen LogP contribution in [0, 0.1) is 0 Å². The van der Waals surface area contributed by atoms with Gasteiger partial charge in [-0.1, -0.05) is 82.9 Å². The van der Waals surface area contributed by atoms with Crippen molar-refractivity contribution in [1.29, 1.82) is 0 Å². The first kappa shape index (κ1) is 17.1. The zero-order valence-electron chi connectivity index (χ0n) is 13.5. The second kappa shape index (κ2) is 11.8. The number of rotatable bonds is 12. The van der Waals surface area contributed by atoms with E-state index < -0.39 is 0 Å². The summed E-state index contributed by atoms with van der Waals surface area (Å²) in [4.78, 5) is 0. The number of hydrogen-bond acceptors (Lipinski definition) is 1. The van der Waals surface area contributed by atoms with Crippen molar-refractivity contribution < 1.29 is 4.74 Å². The summed E-state index contributed by atoms with van der Waals surface area (Å²) in [7, 11) is 1.76. The van der Waals surface area contributed by atoms with Crippen LogP contribution in [0.5, 0.6) is 5.75 Å². The predicted octanol–water partition coefficient (Wildman–Crippen LogP) is 6.16. The molecule has 1 aromatic rings. The van der Waals surface area contributed by atoms with Crippen molar-refractivity contribution in [2.45, 2.75) is 77.6 Å². The molecule has 0 saturated heterocycles. The Hall–Kier alpha value is -0.980. The molecule has 20 heavy (non-hydrogen) atoms. The highest BCUT2D eigenvalue weighted by Crippen LogP contribution is 2.20. The highest BCUT2D eigenvalue weighted by Gasteiger charge is 2.00. The molecule has 1 nitrogen and oxygen atoms in total. The molecule has 0 N–H and O–H groups in total. The van der Waals surface area contributed by atoms with Gasteiger partial charge in [-0.05, 0) is 24.5 Å². The van der Waals surface area contributed by atoms with E-state index in [0.717, 1.165) is 12.2 Å². The van der Waals surface area contributed by atoms with Gasteiger partial charge in [-0.15, -0.1) is 0 Å². The monoisotopic (exact) mass is 276 g/mol. The molecule has 0 amide bonds. The fraction of sp³-hybridized carbons (Fsp3) is 0.684. The van der Waals surface area contributed by atoms with Crippen molar-refractivity contribution >= 4 is 0 Å². The van der Waals surface area contributed by atoms with Gasteiger partial charge in [0.15, 0.2) is 0 Å². The molecule has 1 aromatic carbocycles. The molecule has 0 aliphatic rings. The molecule has 114 valence electrons. The van der Waals surface area contributed by atoms with Gasteiger partial charge in [-0.25, -0.2) is 0 Å². The Kier molecular flexibility index (Phi) is 10.1. The Morgan fingerprint density at radius 2 is 1.30 bits per heavy atom. The molecule has 0 heterocycles. The lowest BCUT2D eigenvalue weighted by molar-refractivity contribution is 0.408. The summed E-state index contributed by atoms with van der Waals surface area (Å²) in [5, 5.41) is 0. The van der Waals surface area contributed by atoms with Crippen LogP contribution in [0.3, 0.4) is 0 Å². The third kappa shape index (κ3) is 7.57. The van der Waals surface area contributed by atoms with Crippen LogP contribution in [0.4, 0.5) is 0 Å². The largest absolute Gasteiger partial charge is 0.496 e. The van der Waals surface area contributed by atoms with Crippen molar-refractivity contribution in [2.75, 3.05) is 7.11 Å². The molecular weight excluding hydrogens is 244 g/mol. The minimum absolute atomic E-state index is 1.04. The molecule has 1 heteroatoms. The zero-order valence-corrected chi connectivity index (χ0v) is 13.5. The normalized spacial score (nSPS) is 10.7. The zero-order chi connectivity index (χ0) is 14.5. The Balaban J connectivity index is 1.97. The van der Waals surface area contributed by atoms with Crippen molar-refractivity contribution in [3.8, 4) is 5.75 Å². The van der Waals surface area contributed by atoms with E-state index in [2.05, 4.69) is 25.1 Å². The summed E-state index contributed by atoms with van der Waals surface area (Å²) in [6, 6.07) is 8.40. The van der Waals surface area contributed by atoms with Crippen molar-refractivity contribution in [1.82, 2.24) is 0 Å². The van der Waals surface area contributed by atoms with E-state index in [1.54, 1.807) is 7.11 Å². The molecule has 0 bridgehead atoms. The van der Waals surface area contributed by atoms with Crippen LogP contribution < -0.4 is 4.74 Å². The quantitative estimate of drug-likeness (QED) is 0.415. The Morgan fingerprint density at radius 1 is 0.750 bits per heavy atom.